The van der Waals surface area contributed by atoms with Crippen molar-refractivity contribution < 1.29 is 22.7 Å². The fourth-order valence-corrected chi connectivity index (χ4v) is 4.47. The van der Waals surface area contributed by atoms with Gasteiger partial charge in [0.2, 0.25) is 10.0 Å². The number of rotatable bonds is 7. The van der Waals surface area contributed by atoms with E-state index >= 15 is 0 Å². The summed E-state index contributed by atoms with van der Waals surface area (Å²) in [6, 6.07) is 5.92. The largest absolute Gasteiger partial charge is 0.452 e. The first-order chi connectivity index (χ1) is 12.8. The highest BCUT2D eigenvalue weighted by molar-refractivity contribution is 7.89. The van der Waals surface area contributed by atoms with Gasteiger partial charge in [0.05, 0.1) is 10.8 Å². The summed E-state index contributed by atoms with van der Waals surface area (Å²) >= 11 is 5.82. The minimum absolute atomic E-state index is 0.0348. The van der Waals surface area contributed by atoms with Crippen molar-refractivity contribution >= 4 is 33.5 Å². The van der Waals surface area contributed by atoms with Crippen LogP contribution in [0.25, 0.3) is 0 Å². The zero-order valence-electron chi connectivity index (χ0n) is 15.5. The number of halogens is 1. The zero-order valence-corrected chi connectivity index (χ0v) is 17.1. The summed E-state index contributed by atoms with van der Waals surface area (Å²) in [4.78, 5) is 24.4. The topological polar surface area (TPSA) is 92.8 Å². The van der Waals surface area contributed by atoms with Crippen LogP contribution in [-0.2, 0) is 24.3 Å². The number of sulfonamides is 1. The van der Waals surface area contributed by atoms with E-state index in [2.05, 4.69) is 5.32 Å². The van der Waals surface area contributed by atoms with E-state index in [1.807, 2.05) is 6.92 Å². The molecule has 2 atom stereocenters. The van der Waals surface area contributed by atoms with Crippen LogP contribution in [0.4, 0.5) is 0 Å². The van der Waals surface area contributed by atoms with Gasteiger partial charge in [-0.25, -0.2) is 8.42 Å². The third-order valence-corrected chi connectivity index (χ3v) is 6.51. The minimum Gasteiger partial charge on any atom is -0.452 e. The van der Waals surface area contributed by atoms with Crippen molar-refractivity contribution in [3.63, 3.8) is 0 Å². The molecule has 9 heteroatoms. The van der Waals surface area contributed by atoms with Gasteiger partial charge in [-0.2, -0.15) is 4.31 Å². The van der Waals surface area contributed by atoms with E-state index in [1.165, 1.54) is 35.5 Å². The van der Waals surface area contributed by atoms with Crippen molar-refractivity contribution in [3.05, 3.63) is 29.3 Å². The molecule has 150 valence electrons. The number of esters is 1. The number of nitrogens with one attached hydrogen (secondary N) is 1. The molecule has 1 aromatic carbocycles. The average Bonchev–Trinajstić information content (AvgIpc) is 2.66. The second-order valence-corrected chi connectivity index (χ2v) is 8.90. The number of benzene rings is 1. The summed E-state index contributed by atoms with van der Waals surface area (Å²) in [6.07, 6.45) is 0.942. The van der Waals surface area contributed by atoms with Crippen molar-refractivity contribution in [3.8, 4) is 0 Å². The lowest BCUT2D eigenvalue weighted by Crippen LogP contribution is -2.44. The van der Waals surface area contributed by atoms with Crippen LogP contribution in [-0.4, -0.2) is 50.3 Å². The first-order valence-electron chi connectivity index (χ1n) is 8.99. The Kier molecular flexibility index (Phi) is 7.64. The zero-order chi connectivity index (χ0) is 20.0. The Morgan fingerprint density at radius 1 is 1.33 bits per heavy atom. The molecule has 1 saturated heterocycles. The Morgan fingerprint density at radius 3 is 2.63 bits per heavy atom. The highest BCUT2D eigenvalue weighted by atomic mass is 35.5. The normalized spacial score (nSPS) is 19.3. The third-order valence-electron chi connectivity index (χ3n) is 4.38. The molecule has 1 amide bonds. The molecule has 7 nitrogen and oxygen atoms in total. The number of hydrogen-bond acceptors (Lipinski definition) is 5. The SMILES string of the molecule is CCCNC(=O)C(C)OC(=O)C1CCCN(S(=O)(=O)c2ccc(Cl)cc2)C1. The summed E-state index contributed by atoms with van der Waals surface area (Å²) < 4.78 is 32.1. The van der Waals surface area contributed by atoms with Crippen LogP contribution < -0.4 is 5.32 Å². The van der Waals surface area contributed by atoms with Crippen LogP contribution >= 0.6 is 11.6 Å². The van der Waals surface area contributed by atoms with Crippen molar-refractivity contribution in [2.75, 3.05) is 19.6 Å². The summed E-state index contributed by atoms with van der Waals surface area (Å²) in [6.45, 7) is 4.31. The first-order valence-corrected chi connectivity index (χ1v) is 10.8. The molecule has 1 fully saturated rings. The van der Waals surface area contributed by atoms with Crippen LogP contribution in [0.5, 0.6) is 0 Å². The van der Waals surface area contributed by atoms with Crippen LogP contribution in [0.1, 0.15) is 33.1 Å². The maximum atomic E-state index is 12.8. The highest BCUT2D eigenvalue weighted by Crippen LogP contribution is 2.25. The smallest absolute Gasteiger partial charge is 0.311 e. The van der Waals surface area contributed by atoms with E-state index in [9.17, 15) is 18.0 Å². The number of ether oxygens (including phenoxy) is 1. The van der Waals surface area contributed by atoms with Gasteiger partial charge in [0.25, 0.3) is 5.91 Å². The Labute approximate surface area is 165 Å². The predicted molar refractivity (Wildman–Crippen MR) is 102 cm³/mol. The van der Waals surface area contributed by atoms with E-state index in [0.717, 1.165) is 6.42 Å². The third kappa shape index (κ3) is 5.67. The Balaban J connectivity index is 2.01. The highest BCUT2D eigenvalue weighted by Gasteiger charge is 2.35. The average molecular weight is 417 g/mol. The lowest BCUT2D eigenvalue weighted by molar-refractivity contribution is -0.159. The van der Waals surface area contributed by atoms with E-state index in [-0.39, 0.29) is 17.3 Å². The molecule has 1 heterocycles. The molecular formula is C18H25ClN2O5S. The Bertz CT molecular complexity index is 766. The van der Waals surface area contributed by atoms with Gasteiger partial charge in [0.15, 0.2) is 6.10 Å². The van der Waals surface area contributed by atoms with Gasteiger partial charge in [-0.3, -0.25) is 9.59 Å². The number of amides is 1. The number of carbonyl (C=O) groups is 2. The van der Waals surface area contributed by atoms with E-state index in [1.54, 1.807) is 0 Å². The number of hydrogen-bond donors (Lipinski definition) is 1. The van der Waals surface area contributed by atoms with Crippen molar-refractivity contribution in [1.29, 1.82) is 0 Å². The van der Waals surface area contributed by atoms with E-state index < -0.39 is 28.0 Å². The molecule has 1 aromatic rings. The van der Waals surface area contributed by atoms with Crippen molar-refractivity contribution in [1.82, 2.24) is 9.62 Å². The Morgan fingerprint density at radius 2 is 2.00 bits per heavy atom. The van der Waals surface area contributed by atoms with Gasteiger partial charge >= 0.3 is 5.97 Å². The lowest BCUT2D eigenvalue weighted by Gasteiger charge is -2.31. The molecule has 0 bridgehead atoms. The number of carbonyl (C=O) groups excluding carboxylic acids is 2. The fraction of sp³-hybridized carbons (Fsp3) is 0.556. The summed E-state index contributed by atoms with van der Waals surface area (Å²) in [5.41, 5.74) is 0. The van der Waals surface area contributed by atoms with E-state index in [4.69, 9.17) is 16.3 Å². The molecule has 27 heavy (non-hydrogen) atoms. The second kappa shape index (κ2) is 9.52. The maximum absolute atomic E-state index is 12.8. The Hall–Kier alpha value is -1.64. The lowest BCUT2D eigenvalue weighted by atomic mass is 10.00. The number of piperidine rings is 1. The van der Waals surface area contributed by atoms with Crippen LogP contribution in [0.15, 0.2) is 29.2 Å². The van der Waals surface area contributed by atoms with Gasteiger partial charge in [-0.15, -0.1) is 0 Å². The van der Waals surface area contributed by atoms with Gasteiger partial charge in [0, 0.05) is 24.7 Å². The molecule has 1 aliphatic rings. The summed E-state index contributed by atoms with van der Waals surface area (Å²) in [5.74, 6) is -1.50. The predicted octanol–water partition coefficient (Wildman–Crippen LogP) is 2.20. The molecule has 0 aliphatic carbocycles. The maximum Gasteiger partial charge on any atom is 0.311 e. The van der Waals surface area contributed by atoms with Crippen molar-refractivity contribution in [2.24, 2.45) is 5.92 Å². The molecule has 0 saturated carbocycles. The van der Waals surface area contributed by atoms with E-state index in [0.29, 0.717) is 31.0 Å². The molecule has 1 aliphatic heterocycles. The number of nitrogens with zero attached hydrogens (tertiary/aromatic N) is 1. The minimum atomic E-state index is -3.71. The molecule has 0 radical (unpaired) electrons. The fourth-order valence-electron chi connectivity index (χ4n) is 2.82. The second-order valence-electron chi connectivity index (χ2n) is 6.53. The quantitative estimate of drug-likeness (QED) is 0.688. The van der Waals surface area contributed by atoms with Gasteiger partial charge in [-0.1, -0.05) is 18.5 Å². The van der Waals surface area contributed by atoms with Crippen LogP contribution in [0.2, 0.25) is 5.02 Å². The summed E-state index contributed by atoms with van der Waals surface area (Å²) in [7, 11) is -3.71. The van der Waals surface area contributed by atoms with Crippen molar-refractivity contribution in [2.45, 2.75) is 44.1 Å². The van der Waals surface area contributed by atoms with Gasteiger partial charge in [0.1, 0.15) is 0 Å². The van der Waals surface area contributed by atoms with Gasteiger partial charge in [-0.05, 0) is 50.5 Å². The molecule has 2 unspecified atom stereocenters. The monoisotopic (exact) mass is 416 g/mol. The molecule has 0 aromatic heterocycles. The molecule has 1 N–H and O–H groups in total. The summed E-state index contributed by atoms with van der Waals surface area (Å²) in [5, 5.41) is 3.11. The molecular weight excluding hydrogens is 392 g/mol. The molecule has 0 spiro atoms. The van der Waals surface area contributed by atoms with Crippen LogP contribution in [0.3, 0.4) is 0 Å². The van der Waals surface area contributed by atoms with Gasteiger partial charge < -0.3 is 10.1 Å². The first kappa shape index (κ1) is 21.7. The molecule has 2 rings (SSSR count). The van der Waals surface area contributed by atoms with Crippen LogP contribution in [0, 0.1) is 5.92 Å². The standard InChI is InChI=1S/C18H25ClN2O5S/c1-3-10-20-17(22)13(2)26-18(23)14-5-4-11-21(12-14)27(24,25)16-8-6-15(19)7-9-16/h6-9,13-14H,3-5,10-12H2,1-2H3,(H,20,22).